The fourth-order valence-electron chi connectivity index (χ4n) is 3.50. The van der Waals surface area contributed by atoms with E-state index in [1.807, 2.05) is 36.4 Å². The minimum absolute atomic E-state index is 0.271. The number of aliphatic hydroxyl groups is 1. The number of ether oxygens (including phenoxy) is 1. The van der Waals surface area contributed by atoms with Crippen LogP contribution in [0.3, 0.4) is 0 Å². The minimum atomic E-state index is -0.989. The van der Waals surface area contributed by atoms with E-state index in [0.717, 1.165) is 24.9 Å². The van der Waals surface area contributed by atoms with Crippen LogP contribution in [-0.4, -0.2) is 46.9 Å². The summed E-state index contributed by atoms with van der Waals surface area (Å²) in [6, 6.07) is 17.8. The largest absolute Gasteiger partial charge is 0.482 e. The number of β-amino-alcohol motifs (C(OH)–C–C–N with tert-alkyl or cyclic N) is 1. The normalized spacial score (nSPS) is 20.7. The van der Waals surface area contributed by atoms with Crippen LogP contribution in [0.25, 0.3) is 0 Å². The van der Waals surface area contributed by atoms with E-state index < -0.39 is 5.97 Å². The van der Waals surface area contributed by atoms with Gasteiger partial charge >= 0.3 is 5.97 Å². The number of aliphatic carboxylic acids is 1. The molecule has 2 aromatic rings. The molecule has 1 saturated heterocycles. The third-order valence-electron chi connectivity index (χ3n) is 4.86. The molecule has 0 saturated carbocycles. The van der Waals surface area contributed by atoms with E-state index in [1.54, 1.807) is 6.07 Å². The molecule has 2 atom stereocenters. The van der Waals surface area contributed by atoms with Crippen LogP contribution < -0.4 is 4.74 Å². The number of benzene rings is 2. The molecule has 1 fully saturated rings. The Morgan fingerprint density at radius 3 is 2.58 bits per heavy atom. The van der Waals surface area contributed by atoms with Crippen LogP contribution in [-0.2, 0) is 17.8 Å². The second-order valence-electron chi connectivity index (χ2n) is 6.83. The highest BCUT2D eigenvalue weighted by molar-refractivity contribution is 5.68. The first-order valence-electron chi connectivity index (χ1n) is 8.98. The van der Waals surface area contributed by atoms with Gasteiger partial charge in [-0.3, -0.25) is 4.90 Å². The number of rotatable bonds is 7. The highest BCUT2D eigenvalue weighted by atomic mass is 16.5. The summed E-state index contributed by atoms with van der Waals surface area (Å²) in [6.45, 7) is 1.82. The summed E-state index contributed by atoms with van der Waals surface area (Å²) in [7, 11) is 0. The summed E-state index contributed by atoms with van der Waals surface area (Å²) in [5.74, 6) is -0.125. The highest BCUT2D eigenvalue weighted by Crippen LogP contribution is 2.26. The zero-order valence-corrected chi connectivity index (χ0v) is 14.8. The fraction of sp³-hybridized carbons (Fsp3) is 0.381. The molecule has 1 aliphatic heterocycles. The van der Waals surface area contributed by atoms with E-state index in [4.69, 9.17) is 9.84 Å². The van der Waals surface area contributed by atoms with Crippen molar-refractivity contribution in [1.82, 2.24) is 4.90 Å². The van der Waals surface area contributed by atoms with Gasteiger partial charge in [0.2, 0.25) is 0 Å². The fourth-order valence-corrected chi connectivity index (χ4v) is 3.50. The van der Waals surface area contributed by atoms with Crippen LogP contribution >= 0.6 is 0 Å². The lowest BCUT2D eigenvalue weighted by Crippen LogP contribution is -2.44. The topological polar surface area (TPSA) is 70.0 Å². The predicted molar refractivity (Wildman–Crippen MR) is 99.1 cm³/mol. The van der Waals surface area contributed by atoms with E-state index in [1.165, 1.54) is 5.56 Å². The molecule has 0 bridgehead atoms. The molecule has 0 radical (unpaired) electrons. The Labute approximate surface area is 153 Å². The van der Waals surface area contributed by atoms with E-state index in [9.17, 15) is 9.90 Å². The number of likely N-dealkylation sites (tertiary alicyclic amines) is 1. The average Bonchev–Trinajstić information content (AvgIpc) is 2.64. The first-order chi connectivity index (χ1) is 12.6. The van der Waals surface area contributed by atoms with Crippen LogP contribution in [0.1, 0.15) is 17.5 Å². The van der Waals surface area contributed by atoms with Gasteiger partial charge in [-0.1, -0.05) is 48.5 Å². The van der Waals surface area contributed by atoms with Gasteiger partial charge in [-0.15, -0.1) is 0 Å². The van der Waals surface area contributed by atoms with Gasteiger partial charge in [0.05, 0.1) is 6.10 Å². The van der Waals surface area contributed by atoms with Crippen molar-refractivity contribution in [3.8, 4) is 5.75 Å². The second kappa shape index (κ2) is 8.83. The van der Waals surface area contributed by atoms with E-state index in [0.29, 0.717) is 18.8 Å². The summed E-state index contributed by atoms with van der Waals surface area (Å²) >= 11 is 0. The molecule has 0 unspecified atom stereocenters. The minimum Gasteiger partial charge on any atom is -0.482 e. The van der Waals surface area contributed by atoms with Crippen molar-refractivity contribution in [2.45, 2.75) is 25.5 Å². The predicted octanol–water partition coefficient (Wildman–Crippen LogP) is 2.58. The van der Waals surface area contributed by atoms with Crippen LogP contribution in [0.5, 0.6) is 5.75 Å². The lowest BCUT2D eigenvalue weighted by molar-refractivity contribution is -0.139. The van der Waals surface area contributed by atoms with Gasteiger partial charge in [0, 0.05) is 18.7 Å². The zero-order valence-electron chi connectivity index (χ0n) is 14.8. The summed E-state index contributed by atoms with van der Waals surface area (Å²) in [5, 5.41) is 19.4. The van der Waals surface area contributed by atoms with Gasteiger partial charge < -0.3 is 14.9 Å². The number of hydrogen-bond donors (Lipinski definition) is 2. The third-order valence-corrected chi connectivity index (χ3v) is 4.86. The molecular weight excluding hydrogens is 330 g/mol. The molecule has 5 heteroatoms. The number of aliphatic hydroxyl groups excluding tert-OH is 1. The zero-order chi connectivity index (χ0) is 18.4. The molecule has 2 aromatic carbocycles. The number of carboxylic acid groups (broad SMARTS) is 1. The quantitative estimate of drug-likeness (QED) is 0.799. The van der Waals surface area contributed by atoms with Crippen LogP contribution in [0.2, 0.25) is 0 Å². The number of piperidine rings is 1. The Kier molecular flexibility index (Phi) is 6.26. The van der Waals surface area contributed by atoms with Crippen molar-refractivity contribution < 1.29 is 19.7 Å². The molecule has 0 spiro atoms. The van der Waals surface area contributed by atoms with Gasteiger partial charge in [-0.05, 0) is 36.9 Å². The molecule has 1 aliphatic rings. The van der Waals surface area contributed by atoms with Crippen LogP contribution in [0, 0.1) is 5.92 Å². The molecule has 3 rings (SSSR count). The van der Waals surface area contributed by atoms with Crippen molar-refractivity contribution >= 4 is 5.97 Å². The average molecular weight is 355 g/mol. The monoisotopic (exact) mass is 355 g/mol. The Hall–Kier alpha value is -2.37. The smallest absolute Gasteiger partial charge is 0.341 e. The molecule has 138 valence electrons. The third kappa shape index (κ3) is 5.07. The van der Waals surface area contributed by atoms with E-state index in [2.05, 4.69) is 17.0 Å². The first-order valence-corrected chi connectivity index (χ1v) is 8.98. The van der Waals surface area contributed by atoms with Gasteiger partial charge in [0.15, 0.2) is 6.61 Å². The lowest BCUT2D eigenvalue weighted by Gasteiger charge is -2.36. The maximum absolute atomic E-state index is 10.7. The van der Waals surface area contributed by atoms with Crippen LogP contribution in [0.15, 0.2) is 54.6 Å². The highest BCUT2D eigenvalue weighted by Gasteiger charge is 2.28. The molecule has 0 amide bonds. The Morgan fingerprint density at radius 2 is 1.85 bits per heavy atom. The lowest BCUT2D eigenvalue weighted by atomic mass is 9.87. The van der Waals surface area contributed by atoms with Gasteiger partial charge in [-0.2, -0.15) is 0 Å². The Morgan fingerprint density at radius 1 is 1.12 bits per heavy atom. The van der Waals surface area contributed by atoms with Crippen molar-refractivity contribution in [1.29, 1.82) is 0 Å². The van der Waals surface area contributed by atoms with Crippen molar-refractivity contribution in [3.63, 3.8) is 0 Å². The van der Waals surface area contributed by atoms with Crippen molar-refractivity contribution in [2.24, 2.45) is 5.92 Å². The van der Waals surface area contributed by atoms with Gasteiger partial charge in [0.1, 0.15) is 5.75 Å². The summed E-state index contributed by atoms with van der Waals surface area (Å²) in [5.41, 5.74) is 2.21. The first kappa shape index (κ1) is 18.4. The Balaban J connectivity index is 1.57. The summed E-state index contributed by atoms with van der Waals surface area (Å²) < 4.78 is 5.38. The van der Waals surface area contributed by atoms with E-state index >= 15 is 0 Å². The maximum atomic E-state index is 10.7. The number of carbonyl (C=O) groups is 1. The summed E-state index contributed by atoms with van der Waals surface area (Å²) in [4.78, 5) is 12.9. The number of carboxylic acids is 1. The van der Waals surface area contributed by atoms with Crippen molar-refractivity contribution in [3.05, 3.63) is 65.7 Å². The molecule has 1 heterocycles. The molecule has 26 heavy (non-hydrogen) atoms. The maximum Gasteiger partial charge on any atom is 0.341 e. The van der Waals surface area contributed by atoms with Gasteiger partial charge in [-0.25, -0.2) is 4.79 Å². The number of hydrogen-bond acceptors (Lipinski definition) is 4. The standard InChI is InChI=1S/C21H25NO4/c23-19-14-22(11-10-17(19)12-16-6-2-1-3-7-16)13-18-8-4-5-9-20(18)26-15-21(24)25/h1-9,17,19,23H,10-15H2,(H,24,25)/t17-,19-/m1/s1. The van der Waals surface area contributed by atoms with Gasteiger partial charge in [0.25, 0.3) is 0 Å². The second-order valence-corrected chi connectivity index (χ2v) is 6.83. The number of nitrogens with zero attached hydrogens (tertiary/aromatic N) is 1. The summed E-state index contributed by atoms with van der Waals surface area (Å²) in [6.07, 6.45) is 1.47. The Bertz CT molecular complexity index is 719. The SMILES string of the molecule is O=C(O)COc1ccccc1CN1CC[C@H](Cc2ccccc2)[C@H](O)C1. The molecular formula is C21H25NO4. The van der Waals surface area contributed by atoms with Crippen LogP contribution in [0.4, 0.5) is 0 Å². The van der Waals surface area contributed by atoms with E-state index in [-0.39, 0.29) is 18.6 Å². The van der Waals surface area contributed by atoms with Crippen molar-refractivity contribution in [2.75, 3.05) is 19.7 Å². The molecule has 0 aliphatic carbocycles. The molecule has 5 nitrogen and oxygen atoms in total. The molecule has 2 N–H and O–H groups in total. The molecule has 0 aromatic heterocycles. The number of para-hydroxylation sites is 1.